The Hall–Kier alpha value is -1.22. The van der Waals surface area contributed by atoms with E-state index in [0.717, 1.165) is 19.3 Å². The Bertz CT molecular complexity index is 401. The van der Waals surface area contributed by atoms with Crippen molar-refractivity contribution in [2.24, 2.45) is 0 Å². The standard InChI is InChI=1S/C19H36O8/c1-2-3-4-5-6-7-8-9-10-11-12-15(21)27-13-14(20)16(22)17(23)18(24)19(25)26/h14,16-18,20,22-24H,2-13H2,1H3,(H,25,26)/t14-,16+,17?,18?/m0/s1. The number of ether oxygens (including phenoxy) is 1. The summed E-state index contributed by atoms with van der Waals surface area (Å²) >= 11 is 0. The van der Waals surface area contributed by atoms with Crippen LogP contribution in [0.5, 0.6) is 0 Å². The van der Waals surface area contributed by atoms with Gasteiger partial charge in [-0.25, -0.2) is 4.79 Å². The molecule has 0 aromatic rings. The normalized spacial score (nSPS) is 15.7. The lowest BCUT2D eigenvalue weighted by Gasteiger charge is -2.24. The fourth-order valence-electron chi connectivity index (χ4n) is 2.67. The van der Waals surface area contributed by atoms with Crippen LogP contribution in [0.1, 0.15) is 77.6 Å². The number of hydrogen-bond donors (Lipinski definition) is 5. The van der Waals surface area contributed by atoms with Gasteiger partial charge in [-0.15, -0.1) is 0 Å². The van der Waals surface area contributed by atoms with Crippen LogP contribution in [0.2, 0.25) is 0 Å². The third kappa shape index (κ3) is 12.7. The van der Waals surface area contributed by atoms with Crippen molar-refractivity contribution in [1.29, 1.82) is 0 Å². The number of aliphatic hydroxyl groups is 4. The predicted molar refractivity (Wildman–Crippen MR) is 99.1 cm³/mol. The second-order valence-electron chi connectivity index (χ2n) is 6.95. The number of carboxylic acid groups (broad SMARTS) is 1. The highest BCUT2D eigenvalue weighted by molar-refractivity contribution is 5.72. The molecule has 0 rings (SSSR count). The Balaban J connectivity index is 3.72. The molecule has 0 amide bonds. The summed E-state index contributed by atoms with van der Waals surface area (Å²) in [5.41, 5.74) is 0. The molecule has 0 aliphatic heterocycles. The zero-order chi connectivity index (χ0) is 20.7. The molecule has 5 N–H and O–H groups in total. The van der Waals surface area contributed by atoms with Gasteiger partial charge in [-0.1, -0.05) is 64.7 Å². The average Bonchev–Trinajstić information content (AvgIpc) is 2.65. The number of hydrogen-bond acceptors (Lipinski definition) is 7. The van der Waals surface area contributed by atoms with Gasteiger partial charge in [-0.2, -0.15) is 0 Å². The van der Waals surface area contributed by atoms with Crippen molar-refractivity contribution in [3.05, 3.63) is 0 Å². The first-order chi connectivity index (χ1) is 12.8. The summed E-state index contributed by atoms with van der Waals surface area (Å²) in [4.78, 5) is 22.1. The lowest BCUT2D eigenvalue weighted by Crippen LogP contribution is -2.49. The first kappa shape index (κ1) is 25.8. The van der Waals surface area contributed by atoms with Gasteiger partial charge in [-0.3, -0.25) is 4.79 Å². The lowest BCUT2D eigenvalue weighted by molar-refractivity contribution is -0.168. The van der Waals surface area contributed by atoms with Crippen molar-refractivity contribution in [3.8, 4) is 0 Å². The van der Waals surface area contributed by atoms with Crippen molar-refractivity contribution < 1.29 is 39.9 Å². The molecule has 0 saturated carbocycles. The summed E-state index contributed by atoms with van der Waals surface area (Å²) in [5, 5.41) is 46.3. The number of aliphatic carboxylic acids is 1. The highest BCUT2D eigenvalue weighted by Gasteiger charge is 2.34. The van der Waals surface area contributed by atoms with Gasteiger partial charge in [0.25, 0.3) is 0 Å². The third-order valence-corrected chi connectivity index (χ3v) is 4.47. The molecule has 0 saturated heterocycles. The maximum atomic E-state index is 11.6. The van der Waals surface area contributed by atoms with Crippen LogP contribution < -0.4 is 0 Å². The number of aliphatic hydroxyl groups excluding tert-OH is 4. The van der Waals surface area contributed by atoms with Crippen LogP contribution in [-0.2, 0) is 14.3 Å². The van der Waals surface area contributed by atoms with Gasteiger partial charge in [0, 0.05) is 6.42 Å². The Morgan fingerprint density at radius 2 is 1.26 bits per heavy atom. The minimum Gasteiger partial charge on any atom is -0.479 e. The van der Waals surface area contributed by atoms with Gasteiger partial charge in [0.2, 0.25) is 0 Å². The molecule has 0 fully saturated rings. The zero-order valence-electron chi connectivity index (χ0n) is 16.3. The summed E-state index contributed by atoms with van der Waals surface area (Å²) in [6.07, 6.45) is 3.63. The molecule has 0 radical (unpaired) electrons. The Morgan fingerprint density at radius 3 is 1.74 bits per heavy atom. The molecule has 0 aliphatic rings. The first-order valence-electron chi connectivity index (χ1n) is 9.92. The van der Waals surface area contributed by atoms with E-state index in [0.29, 0.717) is 6.42 Å². The Kier molecular flexibility index (Phi) is 15.1. The summed E-state index contributed by atoms with van der Waals surface area (Å²) in [6.45, 7) is 1.61. The number of unbranched alkanes of at least 4 members (excludes halogenated alkanes) is 9. The van der Waals surface area contributed by atoms with Crippen LogP contribution in [0.4, 0.5) is 0 Å². The zero-order valence-corrected chi connectivity index (χ0v) is 16.3. The largest absolute Gasteiger partial charge is 0.479 e. The maximum absolute atomic E-state index is 11.6. The van der Waals surface area contributed by atoms with Crippen LogP contribution >= 0.6 is 0 Å². The third-order valence-electron chi connectivity index (χ3n) is 4.47. The van der Waals surface area contributed by atoms with Gasteiger partial charge in [0.15, 0.2) is 6.10 Å². The molecule has 0 aromatic carbocycles. The number of rotatable bonds is 17. The fourth-order valence-corrected chi connectivity index (χ4v) is 2.67. The Morgan fingerprint density at radius 1 is 0.778 bits per heavy atom. The summed E-state index contributed by atoms with van der Waals surface area (Å²) in [7, 11) is 0. The molecule has 27 heavy (non-hydrogen) atoms. The van der Waals surface area contributed by atoms with Crippen molar-refractivity contribution in [2.45, 2.75) is 102 Å². The van der Waals surface area contributed by atoms with E-state index in [-0.39, 0.29) is 6.42 Å². The molecule has 160 valence electrons. The molecule has 0 aliphatic carbocycles. The second-order valence-corrected chi connectivity index (χ2v) is 6.95. The van der Waals surface area contributed by atoms with Crippen molar-refractivity contribution >= 4 is 11.9 Å². The van der Waals surface area contributed by atoms with E-state index in [1.807, 2.05) is 0 Å². The predicted octanol–water partition coefficient (Wildman–Crippen LogP) is 1.37. The van der Waals surface area contributed by atoms with Crippen LogP contribution in [0.25, 0.3) is 0 Å². The highest BCUT2D eigenvalue weighted by atomic mass is 16.5. The van der Waals surface area contributed by atoms with E-state index in [2.05, 4.69) is 6.92 Å². The van der Waals surface area contributed by atoms with Crippen LogP contribution in [0.3, 0.4) is 0 Å². The van der Waals surface area contributed by atoms with Crippen molar-refractivity contribution in [1.82, 2.24) is 0 Å². The van der Waals surface area contributed by atoms with Crippen molar-refractivity contribution in [2.75, 3.05) is 6.61 Å². The quantitative estimate of drug-likeness (QED) is 0.184. The van der Waals surface area contributed by atoms with Gasteiger partial charge in [0.05, 0.1) is 0 Å². The van der Waals surface area contributed by atoms with Gasteiger partial charge >= 0.3 is 11.9 Å². The summed E-state index contributed by atoms with van der Waals surface area (Å²) in [5.74, 6) is -2.26. The van der Waals surface area contributed by atoms with Gasteiger partial charge in [0.1, 0.15) is 24.9 Å². The lowest BCUT2D eigenvalue weighted by atomic mass is 10.0. The van der Waals surface area contributed by atoms with E-state index >= 15 is 0 Å². The summed E-state index contributed by atoms with van der Waals surface area (Å²) in [6, 6.07) is 0. The van der Waals surface area contributed by atoms with Crippen molar-refractivity contribution in [3.63, 3.8) is 0 Å². The average molecular weight is 392 g/mol. The smallest absolute Gasteiger partial charge is 0.335 e. The van der Waals surface area contributed by atoms with Crippen LogP contribution in [0.15, 0.2) is 0 Å². The molecule has 0 heterocycles. The first-order valence-corrected chi connectivity index (χ1v) is 9.92. The van der Waals surface area contributed by atoms with Crippen LogP contribution in [0, 0.1) is 0 Å². The van der Waals surface area contributed by atoms with Gasteiger partial charge < -0.3 is 30.3 Å². The minimum atomic E-state index is -2.24. The fraction of sp³-hybridized carbons (Fsp3) is 0.895. The number of carbonyl (C=O) groups excluding carboxylic acids is 1. The Labute approximate surface area is 161 Å². The molecular weight excluding hydrogens is 356 g/mol. The van der Waals surface area contributed by atoms with E-state index < -0.39 is 43.0 Å². The monoisotopic (exact) mass is 392 g/mol. The SMILES string of the molecule is CCCCCCCCCCCCC(=O)OC[C@H](O)[C@@H](O)C(O)C(O)C(=O)O. The topological polar surface area (TPSA) is 145 Å². The number of esters is 1. The molecule has 0 bridgehead atoms. The highest BCUT2D eigenvalue weighted by Crippen LogP contribution is 2.12. The molecule has 4 atom stereocenters. The van der Waals surface area contributed by atoms with E-state index in [4.69, 9.17) is 14.9 Å². The molecule has 0 spiro atoms. The number of carbonyl (C=O) groups is 2. The van der Waals surface area contributed by atoms with Gasteiger partial charge in [-0.05, 0) is 6.42 Å². The molecule has 8 heteroatoms. The maximum Gasteiger partial charge on any atom is 0.335 e. The minimum absolute atomic E-state index is 0.194. The number of carboxylic acids is 1. The van der Waals surface area contributed by atoms with Crippen LogP contribution in [-0.4, -0.2) is 68.5 Å². The molecule has 8 nitrogen and oxygen atoms in total. The molecule has 2 unspecified atom stereocenters. The van der Waals surface area contributed by atoms with E-state index in [1.54, 1.807) is 0 Å². The molecule has 0 aromatic heterocycles. The second kappa shape index (κ2) is 15.8. The summed E-state index contributed by atoms with van der Waals surface area (Å²) < 4.78 is 4.81. The van der Waals surface area contributed by atoms with E-state index in [9.17, 15) is 24.9 Å². The van der Waals surface area contributed by atoms with E-state index in [1.165, 1.54) is 38.5 Å². The molecular formula is C19H36O8.